The van der Waals surface area contributed by atoms with Crippen molar-refractivity contribution in [1.82, 2.24) is 0 Å². The summed E-state index contributed by atoms with van der Waals surface area (Å²) in [5.74, 6) is -1.15. The minimum Gasteiger partial charge on any atom is -0.508 e. The molecule has 0 saturated heterocycles. The maximum absolute atomic E-state index is 13.6. The monoisotopic (exact) mass is 273 g/mol. The lowest BCUT2D eigenvalue weighted by Crippen LogP contribution is -2.34. The Kier molecular flexibility index (Phi) is 3.74. The van der Waals surface area contributed by atoms with Gasteiger partial charge in [-0.3, -0.25) is 4.79 Å². The summed E-state index contributed by atoms with van der Waals surface area (Å²) in [6.07, 6.45) is 0. The Morgan fingerprint density at radius 2 is 1.80 bits per heavy atom. The van der Waals surface area contributed by atoms with Crippen LogP contribution in [0.2, 0.25) is 0 Å². The molecule has 0 saturated carbocycles. The highest BCUT2D eigenvalue weighted by Gasteiger charge is 2.30. The summed E-state index contributed by atoms with van der Waals surface area (Å²) in [5.41, 5.74) is 0.111. The van der Waals surface area contributed by atoms with Gasteiger partial charge in [-0.2, -0.15) is 0 Å². The molecule has 0 fully saturated rings. The average molecular weight is 273 g/mol. The van der Waals surface area contributed by atoms with Crippen LogP contribution in [0.3, 0.4) is 0 Å². The van der Waals surface area contributed by atoms with Gasteiger partial charge in [0.2, 0.25) is 5.91 Å². The molecule has 0 aromatic heterocycles. The number of carbonyl (C=O) groups excluding carboxylic acids is 1. The highest BCUT2D eigenvalue weighted by molar-refractivity contribution is 5.98. The molecule has 0 unspecified atom stereocenters. The van der Waals surface area contributed by atoms with Crippen LogP contribution in [0.5, 0.6) is 5.75 Å². The second-order valence-corrected chi connectivity index (χ2v) is 5.11. The Balaban J connectivity index is 2.23. The second kappa shape index (κ2) is 5.33. The number of hydrogen-bond acceptors (Lipinski definition) is 2. The first-order valence-electron chi connectivity index (χ1n) is 6.27. The molecule has 1 amide bonds. The largest absolute Gasteiger partial charge is 0.508 e. The quantitative estimate of drug-likeness (QED) is 0.841. The molecular formula is C16H16FNO2. The number of carbonyl (C=O) groups is 1. The zero-order valence-corrected chi connectivity index (χ0v) is 11.4. The summed E-state index contributed by atoms with van der Waals surface area (Å²) in [7, 11) is 0. The topological polar surface area (TPSA) is 49.3 Å². The lowest BCUT2D eigenvalue weighted by atomic mass is 9.83. The number of phenols is 1. The third-order valence-electron chi connectivity index (χ3n) is 3.26. The minimum atomic E-state index is -0.786. The Bertz CT molecular complexity index is 624. The maximum Gasteiger partial charge on any atom is 0.234 e. The number of nitrogens with one attached hydrogen (secondary N) is 1. The van der Waals surface area contributed by atoms with Gasteiger partial charge in [-0.15, -0.1) is 0 Å². The summed E-state index contributed by atoms with van der Waals surface area (Å²) in [5, 5.41) is 11.7. The molecular weight excluding hydrogens is 257 g/mol. The SMILES string of the molecule is CC(C)(C(=O)Nc1ccc(O)cc1F)c1ccccc1. The molecule has 0 radical (unpaired) electrons. The van der Waals surface area contributed by atoms with Crippen molar-refractivity contribution >= 4 is 11.6 Å². The van der Waals surface area contributed by atoms with E-state index < -0.39 is 11.2 Å². The average Bonchev–Trinajstić information content (AvgIpc) is 2.42. The zero-order valence-electron chi connectivity index (χ0n) is 11.4. The Morgan fingerprint density at radius 3 is 2.40 bits per heavy atom. The second-order valence-electron chi connectivity index (χ2n) is 5.11. The lowest BCUT2D eigenvalue weighted by Gasteiger charge is -2.24. The summed E-state index contributed by atoms with van der Waals surface area (Å²) in [4.78, 5) is 12.3. The Morgan fingerprint density at radius 1 is 1.15 bits per heavy atom. The molecule has 0 bridgehead atoms. The van der Waals surface area contributed by atoms with E-state index in [2.05, 4.69) is 5.32 Å². The van der Waals surface area contributed by atoms with E-state index in [4.69, 9.17) is 5.11 Å². The first kappa shape index (κ1) is 14.1. The van der Waals surface area contributed by atoms with E-state index in [1.807, 2.05) is 30.3 Å². The first-order valence-corrected chi connectivity index (χ1v) is 6.27. The summed E-state index contributed by atoms with van der Waals surface area (Å²) in [6.45, 7) is 3.55. The van der Waals surface area contributed by atoms with Gasteiger partial charge in [0.15, 0.2) is 0 Å². The summed E-state index contributed by atoms with van der Waals surface area (Å²) < 4.78 is 13.6. The molecule has 0 aliphatic rings. The van der Waals surface area contributed by atoms with Gasteiger partial charge in [-0.1, -0.05) is 30.3 Å². The van der Waals surface area contributed by atoms with Crippen LogP contribution in [0.15, 0.2) is 48.5 Å². The lowest BCUT2D eigenvalue weighted by molar-refractivity contribution is -0.120. The van der Waals surface area contributed by atoms with Crippen LogP contribution in [0, 0.1) is 5.82 Å². The molecule has 4 heteroatoms. The molecule has 0 atom stereocenters. The van der Waals surface area contributed by atoms with Crippen molar-refractivity contribution in [2.75, 3.05) is 5.32 Å². The van der Waals surface area contributed by atoms with Crippen molar-refractivity contribution in [2.24, 2.45) is 0 Å². The molecule has 3 nitrogen and oxygen atoms in total. The van der Waals surface area contributed by atoms with Crippen LogP contribution >= 0.6 is 0 Å². The standard InChI is InChI=1S/C16H16FNO2/c1-16(2,11-6-4-3-5-7-11)15(20)18-14-9-8-12(19)10-13(14)17/h3-10,19H,1-2H3,(H,18,20). The third-order valence-corrected chi connectivity index (χ3v) is 3.26. The zero-order chi connectivity index (χ0) is 14.8. The molecule has 0 aliphatic heterocycles. The molecule has 2 aromatic rings. The van der Waals surface area contributed by atoms with Crippen molar-refractivity contribution in [3.05, 3.63) is 59.9 Å². The van der Waals surface area contributed by atoms with E-state index in [1.165, 1.54) is 12.1 Å². The van der Waals surface area contributed by atoms with Gasteiger partial charge in [0.05, 0.1) is 11.1 Å². The smallest absolute Gasteiger partial charge is 0.234 e. The Hall–Kier alpha value is -2.36. The predicted octanol–water partition coefficient (Wildman–Crippen LogP) is 3.45. The highest BCUT2D eigenvalue weighted by atomic mass is 19.1. The normalized spacial score (nSPS) is 11.2. The molecule has 2 aromatic carbocycles. The van der Waals surface area contributed by atoms with Crippen molar-refractivity contribution in [1.29, 1.82) is 0 Å². The first-order chi connectivity index (χ1) is 9.41. The van der Waals surface area contributed by atoms with Crippen LogP contribution in [-0.4, -0.2) is 11.0 Å². The molecule has 0 spiro atoms. The fourth-order valence-corrected chi connectivity index (χ4v) is 1.87. The number of amides is 1. The predicted molar refractivity (Wildman–Crippen MR) is 76.2 cm³/mol. The van der Waals surface area contributed by atoms with E-state index >= 15 is 0 Å². The van der Waals surface area contributed by atoms with E-state index in [0.29, 0.717) is 0 Å². The van der Waals surface area contributed by atoms with E-state index in [0.717, 1.165) is 11.6 Å². The van der Waals surface area contributed by atoms with Crippen LogP contribution in [0.25, 0.3) is 0 Å². The maximum atomic E-state index is 13.6. The Labute approximate surface area is 117 Å². The van der Waals surface area contributed by atoms with Crippen LogP contribution < -0.4 is 5.32 Å². The van der Waals surface area contributed by atoms with E-state index in [9.17, 15) is 9.18 Å². The number of aromatic hydroxyl groups is 1. The highest BCUT2D eigenvalue weighted by Crippen LogP contribution is 2.26. The van der Waals surface area contributed by atoms with Gasteiger partial charge in [0.1, 0.15) is 11.6 Å². The number of phenolic OH excluding ortho intramolecular Hbond substituents is 1. The van der Waals surface area contributed by atoms with Gasteiger partial charge in [-0.25, -0.2) is 4.39 Å². The van der Waals surface area contributed by atoms with E-state index in [1.54, 1.807) is 13.8 Å². The van der Waals surface area contributed by atoms with Crippen molar-refractivity contribution in [2.45, 2.75) is 19.3 Å². The van der Waals surface area contributed by atoms with Gasteiger partial charge >= 0.3 is 0 Å². The molecule has 2 N–H and O–H groups in total. The van der Waals surface area contributed by atoms with Gasteiger partial charge in [-0.05, 0) is 31.5 Å². The van der Waals surface area contributed by atoms with E-state index in [-0.39, 0.29) is 17.3 Å². The van der Waals surface area contributed by atoms with Gasteiger partial charge in [0.25, 0.3) is 0 Å². The van der Waals surface area contributed by atoms with Crippen LogP contribution in [0.1, 0.15) is 19.4 Å². The third kappa shape index (κ3) is 2.79. The van der Waals surface area contributed by atoms with Crippen LogP contribution in [-0.2, 0) is 10.2 Å². The number of halogens is 1. The van der Waals surface area contributed by atoms with Crippen LogP contribution in [0.4, 0.5) is 10.1 Å². The van der Waals surface area contributed by atoms with Crippen molar-refractivity contribution in [3.8, 4) is 5.75 Å². The number of hydrogen-bond donors (Lipinski definition) is 2. The summed E-state index contributed by atoms with van der Waals surface area (Å²) in [6, 6.07) is 12.9. The number of benzene rings is 2. The van der Waals surface area contributed by atoms with Crippen molar-refractivity contribution in [3.63, 3.8) is 0 Å². The van der Waals surface area contributed by atoms with Crippen molar-refractivity contribution < 1.29 is 14.3 Å². The fourth-order valence-electron chi connectivity index (χ4n) is 1.87. The summed E-state index contributed by atoms with van der Waals surface area (Å²) >= 11 is 0. The minimum absolute atomic E-state index is 0.0526. The molecule has 2 rings (SSSR count). The van der Waals surface area contributed by atoms with Gasteiger partial charge < -0.3 is 10.4 Å². The molecule has 0 aliphatic carbocycles. The molecule has 104 valence electrons. The van der Waals surface area contributed by atoms with Gasteiger partial charge in [0, 0.05) is 6.07 Å². The number of anilines is 1. The fraction of sp³-hybridized carbons (Fsp3) is 0.188. The number of rotatable bonds is 3. The molecule has 0 heterocycles. The molecule has 20 heavy (non-hydrogen) atoms.